The molecule has 0 radical (unpaired) electrons. The van der Waals surface area contributed by atoms with Crippen LogP contribution >= 0.6 is 0 Å². The van der Waals surface area contributed by atoms with Crippen LogP contribution in [-0.2, 0) is 11.3 Å². The van der Waals surface area contributed by atoms with Gasteiger partial charge < -0.3 is 14.8 Å². The van der Waals surface area contributed by atoms with Crippen LogP contribution in [0.3, 0.4) is 0 Å². The Kier molecular flexibility index (Phi) is 4.24. The molecule has 0 aliphatic carbocycles. The molecule has 1 N–H and O–H groups in total. The lowest BCUT2D eigenvalue weighted by molar-refractivity contribution is -0.122. The van der Waals surface area contributed by atoms with E-state index in [0.717, 1.165) is 30.7 Å². The molecular weight excluding hydrogens is 275 g/mol. The fraction of sp³-hybridized carbons (Fsp3) is 0.533. The van der Waals surface area contributed by atoms with Crippen LogP contribution in [0, 0.1) is 0 Å². The maximum Gasteiger partial charge on any atom is 0.234 e. The Bertz CT molecular complexity index is 524. The number of carbonyl (C=O) groups is 1. The van der Waals surface area contributed by atoms with Crippen molar-refractivity contribution in [1.82, 2.24) is 10.2 Å². The van der Waals surface area contributed by atoms with Gasteiger partial charge >= 0.3 is 0 Å². The number of alkyl halides is 1. The van der Waals surface area contributed by atoms with Crippen LogP contribution in [0.1, 0.15) is 18.4 Å². The zero-order valence-corrected chi connectivity index (χ0v) is 11.8. The monoisotopic (exact) mass is 294 g/mol. The number of amides is 1. The van der Waals surface area contributed by atoms with Crippen molar-refractivity contribution in [2.45, 2.75) is 25.4 Å². The number of benzene rings is 1. The second kappa shape index (κ2) is 6.30. The molecule has 1 aromatic carbocycles. The molecule has 1 aromatic rings. The number of hydrogen-bond donors (Lipinski definition) is 1. The highest BCUT2D eigenvalue weighted by molar-refractivity contribution is 5.78. The first-order valence-electron chi connectivity index (χ1n) is 7.21. The molecule has 6 heteroatoms. The number of likely N-dealkylation sites (tertiary alicyclic amines) is 1. The highest BCUT2D eigenvalue weighted by atomic mass is 19.1. The second-order valence-electron chi connectivity index (χ2n) is 5.39. The Labute approximate surface area is 123 Å². The maximum absolute atomic E-state index is 12.8. The van der Waals surface area contributed by atoms with Gasteiger partial charge in [-0.15, -0.1) is 0 Å². The molecule has 2 aliphatic heterocycles. The van der Waals surface area contributed by atoms with E-state index in [1.54, 1.807) is 0 Å². The fourth-order valence-electron chi connectivity index (χ4n) is 2.77. The molecule has 2 heterocycles. The Morgan fingerprint density at radius 3 is 3.10 bits per heavy atom. The van der Waals surface area contributed by atoms with Crippen LogP contribution in [0.4, 0.5) is 4.39 Å². The minimum atomic E-state index is -0.380. The van der Waals surface area contributed by atoms with Gasteiger partial charge in [0.1, 0.15) is 6.67 Å². The van der Waals surface area contributed by atoms with E-state index in [9.17, 15) is 9.18 Å². The first kappa shape index (κ1) is 14.1. The normalized spacial score (nSPS) is 20.7. The van der Waals surface area contributed by atoms with E-state index >= 15 is 0 Å². The molecule has 1 unspecified atom stereocenters. The average molecular weight is 294 g/mol. The largest absolute Gasteiger partial charge is 0.454 e. The summed E-state index contributed by atoms with van der Waals surface area (Å²) in [5.74, 6) is 1.36. The lowest BCUT2D eigenvalue weighted by Gasteiger charge is -2.21. The second-order valence-corrected chi connectivity index (χ2v) is 5.39. The van der Waals surface area contributed by atoms with Gasteiger partial charge in [0.05, 0.1) is 6.54 Å². The van der Waals surface area contributed by atoms with E-state index in [2.05, 4.69) is 5.32 Å². The smallest absolute Gasteiger partial charge is 0.234 e. The number of halogens is 1. The van der Waals surface area contributed by atoms with Crippen LogP contribution in [0.2, 0.25) is 0 Å². The summed E-state index contributed by atoms with van der Waals surface area (Å²) in [5.41, 5.74) is 0.955. The van der Waals surface area contributed by atoms with Gasteiger partial charge in [-0.2, -0.15) is 0 Å². The molecule has 1 saturated heterocycles. The summed E-state index contributed by atoms with van der Waals surface area (Å²) in [4.78, 5) is 13.8. The van der Waals surface area contributed by atoms with Gasteiger partial charge in [0.2, 0.25) is 12.7 Å². The molecule has 0 saturated carbocycles. The summed E-state index contributed by atoms with van der Waals surface area (Å²) in [6.07, 6.45) is 1.80. The molecule has 0 bridgehead atoms. The summed E-state index contributed by atoms with van der Waals surface area (Å²) < 4.78 is 23.3. The standard InChI is InChI=1S/C15H19FN2O3/c16-7-12-2-1-5-18(12)9-15(19)17-8-11-3-4-13-14(6-11)21-10-20-13/h3-4,6,12H,1-2,5,7-10H2,(H,17,19). The lowest BCUT2D eigenvalue weighted by Crippen LogP contribution is -2.40. The van der Waals surface area contributed by atoms with Gasteiger partial charge in [-0.25, -0.2) is 4.39 Å². The Morgan fingerprint density at radius 2 is 2.24 bits per heavy atom. The van der Waals surface area contributed by atoms with Gasteiger partial charge in [-0.3, -0.25) is 9.69 Å². The SMILES string of the molecule is O=C(CN1CCCC1CF)NCc1ccc2c(c1)OCO2. The number of rotatable bonds is 5. The minimum absolute atomic E-state index is 0.0759. The van der Waals surface area contributed by atoms with Gasteiger partial charge in [0.15, 0.2) is 11.5 Å². The van der Waals surface area contributed by atoms with Gasteiger partial charge in [0, 0.05) is 12.6 Å². The molecule has 1 fully saturated rings. The van der Waals surface area contributed by atoms with E-state index in [4.69, 9.17) is 9.47 Å². The molecule has 21 heavy (non-hydrogen) atoms. The van der Waals surface area contributed by atoms with E-state index in [0.29, 0.717) is 12.3 Å². The third kappa shape index (κ3) is 3.26. The van der Waals surface area contributed by atoms with Crippen LogP contribution in [-0.4, -0.2) is 43.4 Å². The molecular formula is C15H19FN2O3. The third-order valence-corrected chi connectivity index (χ3v) is 3.95. The lowest BCUT2D eigenvalue weighted by atomic mass is 10.2. The van der Waals surface area contributed by atoms with E-state index in [1.165, 1.54) is 0 Å². The number of hydrogen-bond acceptors (Lipinski definition) is 4. The molecule has 0 spiro atoms. The van der Waals surface area contributed by atoms with Crippen molar-refractivity contribution < 1.29 is 18.7 Å². The summed E-state index contributed by atoms with van der Waals surface area (Å²) in [6, 6.07) is 5.50. The topological polar surface area (TPSA) is 50.8 Å². The number of nitrogens with one attached hydrogen (secondary N) is 1. The number of nitrogens with zero attached hydrogens (tertiary/aromatic N) is 1. The number of carbonyl (C=O) groups excluding carboxylic acids is 1. The predicted octanol–water partition coefficient (Wildman–Crippen LogP) is 1.47. The summed E-state index contributed by atoms with van der Waals surface area (Å²) in [5, 5.41) is 2.86. The molecule has 3 rings (SSSR count). The average Bonchev–Trinajstić information content (AvgIpc) is 3.12. The van der Waals surface area contributed by atoms with Crippen molar-refractivity contribution in [2.24, 2.45) is 0 Å². The highest BCUT2D eigenvalue weighted by Crippen LogP contribution is 2.32. The quantitative estimate of drug-likeness (QED) is 0.893. The van der Waals surface area contributed by atoms with Crippen molar-refractivity contribution in [3.8, 4) is 11.5 Å². The van der Waals surface area contributed by atoms with E-state index in [1.807, 2.05) is 23.1 Å². The Hall–Kier alpha value is -1.82. The first-order chi connectivity index (χ1) is 10.3. The van der Waals surface area contributed by atoms with Crippen molar-refractivity contribution in [2.75, 3.05) is 26.6 Å². The van der Waals surface area contributed by atoms with Crippen LogP contribution in [0.5, 0.6) is 11.5 Å². The molecule has 1 amide bonds. The zero-order valence-electron chi connectivity index (χ0n) is 11.8. The van der Waals surface area contributed by atoms with E-state index in [-0.39, 0.29) is 32.0 Å². The minimum Gasteiger partial charge on any atom is -0.454 e. The van der Waals surface area contributed by atoms with Crippen LogP contribution < -0.4 is 14.8 Å². The molecule has 0 aromatic heterocycles. The van der Waals surface area contributed by atoms with Gasteiger partial charge in [0.25, 0.3) is 0 Å². The summed E-state index contributed by atoms with van der Waals surface area (Å²) >= 11 is 0. The van der Waals surface area contributed by atoms with Gasteiger partial charge in [-0.05, 0) is 37.1 Å². The van der Waals surface area contributed by atoms with Crippen LogP contribution in [0.25, 0.3) is 0 Å². The van der Waals surface area contributed by atoms with Crippen molar-refractivity contribution in [3.05, 3.63) is 23.8 Å². The molecule has 114 valence electrons. The van der Waals surface area contributed by atoms with Crippen molar-refractivity contribution in [3.63, 3.8) is 0 Å². The summed E-state index contributed by atoms with van der Waals surface area (Å²) in [7, 11) is 0. The predicted molar refractivity (Wildman–Crippen MR) is 75.0 cm³/mol. The van der Waals surface area contributed by atoms with Crippen molar-refractivity contribution >= 4 is 5.91 Å². The van der Waals surface area contributed by atoms with Gasteiger partial charge in [-0.1, -0.05) is 6.07 Å². The Balaban J connectivity index is 1.49. The first-order valence-corrected chi connectivity index (χ1v) is 7.21. The highest BCUT2D eigenvalue weighted by Gasteiger charge is 2.25. The number of ether oxygens (including phenoxy) is 2. The molecule has 2 aliphatic rings. The maximum atomic E-state index is 12.8. The molecule has 5 nitrogen and oxygen atoms in total. The summed E-state index contributed by atoms with van der Waals surface area (Å²) in [6.45, 7) is 1.36. The van der Waals surface area contributed by atoms with Crippen LogP contribution in [0.15, 0.2) is 18.2 Å². The zero-order chi connectivity index (χ0) is 14.7. The number of fused-ring (bicyclic) bond motifs is 1. The van der Waals surface area contributed by atoms with Crippen molar-refractivity contribution in [1.29, 1.82) is 0 Å². The van der Waals surface area contributed by atoms with E-state index < -0.39 is 0 Å². The third-order valence-electron chi connectivity index (χ3n) is 3.95. The molecule has 1 atom stereocenters. The Morgan fingerprint density at radius 1 is 1.38 bits per heavy atom. The fourth-order valence-corrected chi connectivity index (χ4v) is 2.77.